The lowest BCUT2D eigenvalue weighted by atomic mass is 9.66. The van der Waals surface area contributed by atoms with E-state index in [9.17, 15) is 30.6 Å². The number of aryl methyl sites for hydroxylation is 4. The zero-order valence-corrected chi connectivity index (χ0v) is 57.7. The molecule has 460 valence electrons. The number of carbonyl (C=O) groups is 2. The minimum absolute atomic E-state index is 0.0790. The quantitative estimate of drug-likeness (QED) is 0.110. The first-order valence-electron chi connectivity index (χ1n) is 31.9. The van der Waals surface area contributed by atoms with Crippen LogP contribution in [0, 0.1) is 73.0 Å². The van der Waals surface area contributed by atoms with Gasteiger partial charge in [0.05, 0.1) is 20.2 Å². The smallest absolute Gasteiger partial charge is 0.194 e. The van der Waals surface area contributed by atoms with Crippen molar-refractivity contribution in [1.82, 2.24) is 0 Å². The summed E-state index contributed by atoms with van der Waals surface area (Å²) in [5.41, 5.74) is 19.2. The fourth-order valence-corrected chi connectivity index (χ4v) is 22.9. The number of hydrogen-bond acceptors (Lipinski definition) is 12. The molecule has 0 fully saturated rings. The molecule has 6 nitrogen and oxygen atoms in total. The van der Waals surface area contributed by atoms with Crippen molar-refractivity contribution in [3.8, 4) is 64.7 Å². The molecule has 0 amide bonds. The van der Waals surface area contributed by atoms with Crippen molar-refractivity contribution in [3.05, 3.63) is 327 Å². The second-order valence-corrected chi connectivity index (χ2v) is 32.0. The topological polar surface area (TPSA) is 129 Å². The Balaban J connectivity index is 0.836. The van der Waals surface area contributed by atoms with Crippen LogP contribution in [0.3, 0.4) is 0 Å². The van der Waals surface area contributed by atoms with Gasteiger partial charge in [-0.2, -0.15) is 21.0 Å². The van der Waals surface area contributed by atoms with E-state index in [1.54, 1.807) is 57.5 Å². The van der Waals surface area contributed by atoms with Crippen molar-refractivity contribution < 1.29 is 9.59 Å². The summed E-state index contributed by atoms with van der Waals surface area (Å²) in [5, 5.41) is 42.6. The third kappa shape index (κ3) is 8.54. The molecule has 4 aliphatic carbocycles. The van der Waals surface area contributed by atoms with E-state index >= 15 is 0 Å². The minimum atomic E-state index is -0.729. The van der Waals surface area contributed by atoms with Crippen molar-refractivity contribution in [1.29, 1.82) is 21.0 Å². The van der Waals surface area contributed by atoms with E-state index in [1.807, 2.05) is 83.4 Å². The second-order valence-electron chi connectivity index (χ2n) is 25.5. The number of allylic oxidation sites excluding steroid dienone is 6. The summed E-state index contributed by atoms with van der Waals surface area (Å²) in [5.74, 6) is -0.388. The van der Waals surface area contributed by atoms with E-state index in [-0.39, 0.29) is 22.7 Å². The molecule has 18 rings (SSSR count). The van der Waals surface area contributed by atoms with Crippen molar-refractivity contribution in [2.45, 2.75) is 38.5 Å². The van der Waals surface area contributed by atoms with Crippen LogP contribution in [0.15, 0.2) is 229 Å². The first-order chi connectivity index (χ1) is 47.8. The lowest BCUT2D eigenvalue weighted by Gasteiger charge is -2.34. The summed E-state index contributed by atoms with van der Waals surface area (Å²) in [6.45, 7) is 8.65. The molecule has 4 aliphatic rings. The normalized spacial score (nSPS) is 15.1. The molecule has 0 atom stereocenters. The summed E-state index contributed by atoms with van der Waals surface area (Å²) in [6.07, 6.45) is 3.68. The molecule has 8 aromatic carbocycles. The molecule has 12 heteroatoms. The maximum absolute atomic E-state index is 14.0. The Morgan fingerprint density at radius 2 is 0.694 bits per heavy atom. The molecule has 0 spiro atoms. The number of rotatable bonds is 8. The van der Waals surface area contributed by atoms with Crippen LogP contribution in [-0.4, -0.2) is 11.6 Å². The van der Waals surface area contributed by atoms with Gasteiger partial charge in [-0.25, -0.2) is 0 Å². The SMILES string of the molecule is Cc1ccc(C2(c3ccc(C)cc3)c3cc4sc(-c5ccc(C=C6C(=O)c7ccccc7C6=C(C#N)C#N)s5)cc4cc3-c3sc4c5c(sc4c32)-c2cc3cc(-c4ccc(C=C6C(=O)c7ccccc7C6=C(C#N)C#N)s4)sc3cc2C5(c2ccc(C)cc2)c2ccc(C)cc2)cc1. The highest BCUT2D eigenvalue weighted by atomic mass is 32.1. The van der Waals surface area contributed by atoms with Crippen molar-refractivity contribution in [2.75, 3.05) is 0 Å². The van der Waals surface area contributed by atoms with E-state index in [0.29, 0.717) is 44.5 Å². The van der Waals surface area contributed by atoms with Crippen LogP contribution < -0.4 is 0 Å². The number of carbonyl (C=O) groups excluding carboxylic acids is 2. The molecule has 6 aromatic heterocycles. The van der Waals surface area contributed by atoms with Crippen molar-refractivity contribution in [2.24, 2.45) is 0 Å². The summed E-state index contributed by atoms with van der Waals surface area (Å²) < 4.78 is 4.91. The average Bonchev–Trinajstić information content (AvgIpc) is 1.49. The zero-order chi connectivity index (χ0) is 66.6. The van der Waals surface area contributed by atoms with Crippen LogP contribution >= 0.6 is 68.0 Å². The summed E-state index contributed by atoms with van der Waals surface area (Å²) in [4.78, 5) is 36.6. The van der Waals surface area contributed by atoms with Crippen LogP contribution in [0.1, 0.15) is 108 Å². The third-order valence-corrected chi connectivity index (χ3v) is 27.3. The van der Waals surface area contributed by atoms with Gasteiger partial charge in [0, 0.05) is 93.0 Å². The Labute approximate surface area is 588 Å². The number of nitriles is 4. The highest BCUT2D eigenvalue weighted by Gasteiger charge is 2.54. The highest BCUT2D eigenvalue weighted by molar-refractivity contribution is 7.32. The van der Waals surface area contributed by atoms with Gasteiger partial charge in [-0.05, 0) is 167 Å². The van der Waals surface area contributed by atoms with Crippen LogP contribution in [-0.2, 0) is 10.8 Å². The van der Waals surface area contributed by atoms with Gasteiger partial charge in [0.25, 0.3) is 0 Å². The van der Waals surface area contributed by atoms with E-state index < -0.39 is 10.8 Å². The lowest BCUT2D eigenvalue weighted by Crippen LogP contribution is -2.29. The van der Waals surface area contributed by atoms with E-state index in [1.165, 1.54) is 106 Å². The van der Waals surface area contributed by atoms with Crippen LogP contribution in [0.25, 0.3) is 93.3 Å². The molecule has 98 heavy (non-hydrogen) atoms. The van der Waals surface area contributed by atoms with Gasteiger partial charge in [-0.15, -0.1) is 68.0 Å². The number of nitrogens with zero attached hydrogens (tertiary/aromatic N) is 4. The Bertz CT molecular complexity index is 5730. The maximum Gasteiger partial charge on any atom is 0.194 e. The molecule has 0 N–H and O–H groups in total. The average molecular weight is 1360 g/mol. The van der Waals surface area contributed by atoms with Gasteiger partial charge in [-0.1, -0.05) is 168 Å². The first-order valence-corrected chi connectivity index (χ1v) is 36.8. The van der Waals surface area contributed by atoms with Gasteiger partial charge in [0.1, 0.15) is 35.4 Å². The fraction of sp³-hybridized carbons (Fsp3) is 0.0698. The highest BCUT2D eigenvalue weighted by Crippen LogP contribution is 2.69. The summed E-state index contributed by atoms with van der Waals surface area (Å²) >= 11 is 10.6. The van der Waals surface area contributed by atoms with Crippen LogP contribution in [0.5, 0.6) is 0 Å². The van der Waals surface area contributed by atoms with E-state index in [4.69, 9.17) is 0 Å². The Kier molecular flexibility index (Phi) is 13.5. The van der Waals surface area contributed by atoms with Gasteiger partial charge in [0.15, 0.2) is 11.6 Å². The number of benzene rings is 8. The molecule has 0 unspecified atom stereocenters. The summed E-state index contributed by atoms with van der Waals surface area (Å²) in [6, 6.07) is 82.3. The van der Waals surface area contributed by atoms with E-state index in [0.717, 1.165) is 40.0 Å². The molecule has 6 heterocycles. The van der Waals surface area contributed by atoms with Gasteiger partial charge in [0.2, 0.25) is 0 Å². The molecule has 0 bridgehead atoms. The number of hydrogen-bond donors (Lipinski definition) is 0. The molecular formula is C86H48N4O2S6. The third-order valence-electron chi connectivity index (χ3n) is 20.0. The lowest BCUT2D eigenvalue weighted by molar-refractivity contribution is 0.103. The minimum Gasteiger partial charge on any atom is -0.289 e. The monoisotopic (exact) mass is 1360 g/mol. The zero-order valence-electron chi connectivity index (χ0n) is 52.8. The Morgan fingerprint density at radius 1 is 0.357 bits per heavy atom. The van der Waals surface area contributed by atoms with E-state index in [2.05, 4.69) is 198 Å². The van der Waals surface area contributed by atoms with Crippen molar-refractivity contribution >= 4 is 132 Å². The predicted octanol–water partition coefficient (Wildman–Crippen LogP) is 23.0. The first kappa shape index (κ1) is 59.5. The number of Topliss-reactive ketones (excluding diaryl/α,β-unsaturated/α-hetero) is 2. The Hall–Kier alpha value is -11.0. The largest absolute Gasteiger partial charge is 0.289 e. The van der Waals surface area contributed by atoms with Gasteiger partial charge in [-0.3, -0.25) is 9.59 Å². The Morgan fingerprint density at radius 3 is 1.03 bits per heavy atom. The van der Waals surface area contributed by atoms with Gasteiger partial charge < -0.3 is 0 Å². The summed E-state index contributed by atoms with van der Waals surface area (Å²) in [7, 11) is 0. The predicted molar refractivity (Wildman–Crippen MR) is 404 cm³/mol. The molecule has 0 saturated heterocycles. The van der Waals surface area contributed by atoms with Crippen LogP contribution in [0.4, 0.5) is 0 Å². The standard InChI is InChI=1S/C86H48N4O2S6/c1-45-13-21-53(22-14-45)85(54-23-15-46(2)16-24-54)67-39-71-49(35-73(95-71)69-31-29-57(93-69)37-65-75(51(41-87)42-88)59-9-5-7-11-61(59)79(65)91)33-63(67)81-77(85)83-84(97-81)78-82(98-83)64-34-50-36-74(70-32-30-58(94-70)38-66-76(52(43-89)44-90)60-10-6-8-12-62(60)80(66)92)96-72(50)40-68(64)86(78,55-25-17-47(3)18-26-55)56-27-19-48(4)20-28-56/h5-40H,1-4H3. The molecule has 0 radical (unpaired) electrons. The number of thiophene rings is 6. The molecular weight excluding hydrogens is 1310 g/mol. The van der Waals surface area contributed by atoms with Gasteiger partial charge >= 0.3 is 0 Å². The molecule has 0 aliphatic heterocycles. The maximum atomic E-state index is 14.0. The number of ketones is 2. The molecule has 0 saturated carbocycles. The van der Waals surface area contributed by atoms with Crippen LogP contribution in [0.2, 0.25) is 0 Å². The van der Waals surface area contributed by atoms with Crippen molar-refractivity contribution in [3.63, 3.8) is 0 Å². The molecule has 14 aromatic rings. The number of fused-ring (bicyclic) bond motifs is 13. The fourth-order valence-electron chi connectivity index (χ4n) is 15.5. The second kappa shape index (κ2) is 22.3.